The van der Waals surface area contributed by atoms with E-state index in [-0.39, 0.29) is 5.91 Å². The summed E-state index contributed by atoms with van der Waals surface area (Å²) in [6, 6.07) is 10.1. The largest absolute Gasteiger partial charge is 0.357 e. The molecule has 0 aliphatic rings. The van der Waals surface area contributed by atoms with Crippen LogP contribution in [0.5, 0.6) is 0 Å². The molecule has 6 heteroatoms. The van der Waals surface area contributed by atoms with Crippen LogP contribution in [-0.2, 0) is 11.3 Å². The van der Waals surface area contributed by atoms with Crippen LogP contribution in [-0.4, -0.2) is 15.9 Å². The molecule has 3 rings (SSSR count). The van der Waals surface area contributed by atoms with E-state index < -0.39 is 5.95 Å². The molecule has 22 heavy (non-hydrogen) atoms. The molecule has 0 aliphatic heterocycles. The molecule has 1 aromatic carbocycles. The number of nitrogens with zero attached hydrogens (tertiary/aromatic N) is 1. The summed E-state index contributed by atoms with van der Waals surface area (Å²) in [6.07, 6.45) is 0. The van der Waals surface area contributed by atoms with Gasteiger partial charge in [0.25, 0.3) is 0 Å². The minimum Gasteiger partial charge on any atom is -0.357 e. The number of carbonyl (C=O) groups excluding carboxylic acids is 1. The monoisotopic (exact) mass is 317 g/mol. The van der Waals surface area contributed by atoms with Crippen LogP contribution in [0.3, 0.4) is 0 Å². The third kappa shape index (κ3) is 2.94. The third-order valence-electron chi connectivity index (χ3n) is 3.28. The molecule has 2 aromatic heterocycles. The predicted molar refractivity (Wildman–Crippen MR) is 84.0 cm³/mol. The van der Waals surface area contributed by atoms with Crippen LogP contribution in [0.25, 0.3) is 22.2 Å². The lowest BCUT2D eigenvalue weighted by Crippen LogP contribution is -2.18. The van der Waals surface area contributed by atoms with Gasteiger partial charge in [-0.15, -0.1) is 0 Å². The fourth-order valence-electron chi connectivity index (χ4n) is 2.28. The highest BCUT2D eigenvalue weighted by Gasteiger charge is 2.10. The van der Waals surface area contributed by atoms with Crippen LogP contribution in [0.2, 0.25) is 5.02 Å². The Hall–Kier alpha value is -2.40. The number of benzene rings is 1. The molecule has 1 amide bonds. The summed E-state index contributed by atoms with van der Waals surface area (Å²) >= 11 is 6.28. The van der Waals surface area contributed by atoms with Crippen LogP contribution in [0.15, 0.2) is 36.4 Å². The molecule has 0 unspecified atom stereocenters. The summed E-state index contributed by atoms with van der Waals surface area (Å²) in [5.74, 6) is -0.646. The number of pyridine rings is 1. The summed E-state index contributed by atoms with van der Waals surface area (Å²) in [5, 5.41) is 4.14. The lowest BCUT2D eigenvalue weighted by Gasteiger charge is -2.04. The van der Waals surface area contributed by atoms with Crippen molar-refractivity contribution in [3.8, 4) is 11.3 Å². The Labute approximate surface area is 131 Å². The van der Waals surface area contributed by atoms with E-state index in [2.05, 4.69) is 15.3 Å². The fraction of sp³-hybridized carbons (Fsp3) is 0.125. The van der Waals surface area contributed by atoms with E-state index in [0.717, 1.165) is 16.6 Å². The van der Waals surface area contributed by atoms with Gasteiger partial charge in [-0.3, -0.25) is 4.79 Å². The van der Waals surface area contributed by atoms with Gasteiger partial charge in [-0.1, -0.05) is 17.7 Å². The molecule has 0 fully saturated rings. The molecule has 0 saturated heterocycles. The van der Waals surface area contributed by atoms with Crippen molar-refractivity contribution in [2.45, 2.75) is 13.5 Å². The Morgan fingerprint density at radius 3 is 2.91 bits per heavy atom. The highest BCUT2D eigenvalue weighted by molar-refractivity contribution is 6.34. The first-order valence-corrected chi connectivity index (χ1v) is 7.09. The number of halogens is 2. The second-order valence-corrected chi connectivity index (χ2v) is 5.38. The van der Waals surface area contributed by atoms with E-state index in [9.17, 15) is 9.18 Å². The molecule has 0 spiro atoms. The highest BCUT2D eigenvalue weighted by Crippen LogP contribution is 2.31. The third-order valence-corrected chi connectivity index (χ3v) is 3.60. The number of hydrogen-bond donors (Lipinski definition) is 2. The number of rotatable bonds is 3. The van der Waals surface area contributed by atoms with E-state index in [1.54, 1.807) is 18.2 Å². The molecule has 112 valence electrons. The molecular weight excluding hydrogens is 305 g/mol. The van der Waals surface area contributed by atoms with Crippen molar-refractivity contribution >= 4 is 28.4 Å². The summed E-state index contributed by atoms with van der Waals surface area (Å²) in [5.41, 5.74) is 2.85. The highest BCUT2D eigenvalue weighted by atomic mass is 35.5. The van der Waals surface area contributed by atoms with Crippen LogP contribution in [0.4, 0.5) is 4.39 Å². The van der Waals surface area contributed by atoms with Crippen LogP contribution < -0.4 is 5.32 Å². The van der Waals surface area contributed by atoms with Gasteiger partial charge in [0, 0.05) is 29.1 Å². The molecule has 0 saturated carbocycles. The molecule has 0 radical (unpaired) electrons. The van der Waals surface area contributed by atoms with Gasteiger partial charge >= 0.3 is 0 Å². The summed E-state index contributed by atoms with van der Waals surface area (Å²) < 4.78 is 13.3. The van der Waals surface area contributed by atoms with Gasteiger partial charge in [-0.2, -0.15) is 4.39 Å². The van der Waals surface area contributed by atoms with Crippen molar-refractivity contribution in [1.82, 2.24) is 15.3 Å². The zero-order valence-corrected chi connectivity index (χ0v) is 12.5. The van der Waals surface area contributed by atoms with Crippen molar-refractivity contribution in [1.29, 1.82) is 0 Å². The average molecular weight is 318 g/mol. The van der Waals surface area contributed by atoms with E-state index >= 15 is 0 Å². The Bertz CT molecular complexity index is 860. The van der Waals surface area contributed by atoms with Gasteiger partial charge in [0.2, 0.25) is 11.9 Å². The maximum absolute atomic E-state index is 13.3. The molecular formula is C16H13ClFN3O. The van der Waals surface area contributed by atoms with Crippen molar-refractivity contribution < 1.29 is 9.18 Å². The Balaban J connectivity index is 2.02. The minimum absolute atomic E-state index is 0.0960. The van der Waals surface area contributed by atoms with Gasteiger partial charge in [-0.25, -0.2) is 4.98 Å². The SMILES string of the molecule is CC(=O)NCc1cc2cc(Cl)c(-c3cccc(F)n3)cc2[nH]1. The molecule has 2 N–H and O–H groups in total. The number of aromatic amines is 1. The van der Waals surface area contributed by atoms with Crippen molar-refractivity contribution in [3.05, 3.63) is 53.1 Å². The number of H-pyrrole nitrogens is 1. The molecule has 2 heterocycles. The predicted octanol–water partition coefficient (Wildman–Crippen LogP) is 3.66. The van der Waals surface area contributed by atoms with E-state index in [4.69, 9.17) is 11.6 Å². The second-order valence-electron chi connectivity index (χ2n) is 4.97. The number of aromatic nitrogens is 2. The molecule has 0 bridgehead atoms. The zero-order valence-electron chi connectivity index (χ0n) is 11.8. The first-order valence-electron chi connectivity index (χ1n) is 6.71. The van der Waals surface area contributed by atoms with Crippen molar-refractivity contribution in [3.63, 3.8) is 0 Å². The number of carbonyl (C=O) groups is 1. The van der Waals surface area contributed by atoms with Crippen LogP contribution in [0, 0.1) is 5.95 Å². The van der Waals surface area contributed by atoms with Gasteiger partial charge in [0.1, 0.15) is 0 Å². The zero-order chi connectivity index (χ0) is 15.7. The molecule has 0 aliphatic carbocycles. The van der Waals surface area contributed by atoms with Crippen molar-refractivity contribution in [2.24, 2.45) is 0 Å². The molecule has 4 nitrogen and oxygen atoms in total. The Morgan fingerprint density at radius 1 is 1.36 bits per heavy atom. The minimum atomic E-state index is -0.550. The normalized spacial score (nSPS) is 10.9. The van der Waals surface area contributed by atoms with E-state index in [1.165, 1.54) is 13.0 Å². The van der Waals surface area contributed by atoms with Gasteiger partial charge in [-0.05, 0) is 30.3 Å². The van der Waals surface area contributed by atoms with E-state index in [0.29, 0.717) is 22.8 Å². The molecule has 3 aromatic rings. The van der Waals surface area contributed by atoms with Gasteiger partial charge in [0.05, 0.1) is 17.3 Å². The lowest BCUT2D eigenvalue weighted by molar-refractivity contribution is -0.119. The van der Waals surface area contributed by atoms with Crippen LogP contribution in [0.1, 0.15) is 12.6 Å². The van der Waals surface area contributed by atoms with Gasteiger partial charge < -0.3 is 10.3 Å². The number of amides is 1. The smallest absolute Gasteiger partial charge is 0.217 e. The summed E-state index contributed by atoms with van der Waals surface area (Å²) in [7, 11) is 0. The maximum Gasteiger partial charge on any atom is 0.217 e. The average Bonchev–Trinajstić information content (AvgIpc) is 2.86. The van der Waals surface area contributed by atoms with E-state index in [1.807, 2.05) is 12.1 Å². The molecule has 0 atom stereocenters. The lowest BCUT2D eigenvalue weighted by atomic mass is 10.1. The summed E-state index contributed by atoms with van der Waals surface area (Å²) in [4.78, 5) is 18.0. The topological polar surface area (TPSA) is 57.8 Å². The Morgan fingerprint density at radius 2 is 2.18 bits per heavy atom. The number of fused-ring (bicyclic) bond motifs is 1. The standard InChI is InChI=1S/C16H13ClFN3O/c1-9(22)19-8-11-5-10-6-13(17)12(7-15(10)20-11)14-3-2-4-16(18)21-14/h2-7,20H,8H2,1H3,(H,19,22). The van der Waals surface area contributed by atoms with Crippen LogP contribution >= 0.6 is 11.6 Å². The fourth-order valence-corrected chi connectivity index (χ4v) is 2.55. The Kier molecular flexibility index (Phi) is 3.81. The second kappa shape index (κ2) is 5.77. The summed E-state index contributed by atoms with van der Waals surface area (Å²) in [6.45, 7) is 1.88. The van der Waals surface area contributed by atoms with Gasteiger partial charge in [0.15, 0.2) is 0 Å². The number of hydrogen-bond acceptors (Lipinski definition) is 2. The first-order chi connectivity index (χ1) is 10.5. The maximum atomic E-state index is 13.3. The van der Waals surface area contributed by atoms with Crippen molar-refractivity contribution in [2.75, 3.05) is 0 Å². The number of nitrogens with one attached hydrogen (secondary N) is 2. The first kappa shape index (κ1) is 14.5. The quantitative estimate of drug-likeness (QED) is 0.724.